The van der Waals surface area contributed by atoms with Crippen LogP contribution in [0.4, 0.5) is 0 Å². The van der Waals surface area contributed by atoms with Gasteiger partial charge in [0.25, 0.3) is 5.91 Å². The molecule has 1 amide bonds. The van der Waals surface area contributed by atoms with Gasteiger partial charge in [0.1, 0.15) is 5.75 Å². The van der Waals surface area contributed by atoms with Crippen LogP contribution in [-0.4, -0.2) is 36.0 Å². The van der Waals surface area contributed by atoms with Crippen LogP contribution in [0.3, 0.4) is 0 Å². The van der Waals surface area contributed by atoms with Gasteiger partial charge < -0.3 is 15.4 Å². The average molecular weight is 355 g/mol. The van der Waals surface area contributed by atoms with Crippen LogP contribution in [0.5, 0.6) is 5.75 Å². The van der Waals surface area contributed by atoms with Gasteiger partial charge in [-0.2, -0.15) is 0 Å². The lowest BCUT2D eigenvalue weighted by Crippen LogP contribution is -2.46. The van der Waals surface area contributed by atoms with Crippen molar-refractivity contribution in [3.8, 4) is 5.75 Å². The van der Waals surface area contributed by atoms with E-state index < -0.39 is 6.10 Å². The number of likely N-dealkylation sites (tertiary alicyclic amines) is 1. The Balaban J connectivity index is 1.88. The highest BCUT2D eigenvalue weighted by molar-refractivity contribution is 9.10. The molecule has 116 valence electrons. The SMILES string of the molecule is CC(Oc1cccc(Br)c1)C(=O)N1CCC(C(C)N)CC1. The highest BCUT2D eigenvalue weighted by Crippen LogP contribution is 2.22. The van der Waals surface area contributed by atoms with E-state index in [4.69, 9.17) is 10.5 Å². The molecular formula is C16H23BrN2O2. The van der Waals surface area contributed by atoms with Crippen molar-refractivity contribution in [1.29, 1.82) is 0 Å². The van der Waals surface area contributed by atoms with Crippen LogP contribution in [-0.2, 0) is 4.79 Å². The number of nitrogens with two attached hydrogens (primary N) is 1. The highest BCUT2D eigenvalue weighted by Gasteiger charge is 2.28. The zero-order chi connectivity index (χ0) is 15.4. The van der Waals surface area contributed by atoms with Crippen LogP contribution in [0.1, 0.15) is 26.7 Å². The van der Waals surface area contributed by atoms with Gasteiger partial charge in [-0.15, -0.1) is 0 Å². The van der Waals surface area contributed by atoms with Gasteiger partial charge in [-0.05, 0) is 50.8 Å². The van der Waals surface area contributed by atoms with Crippen molar-refractivity contribution in [3.05, 3.63) is 28.7 Å². The molecular weight excluding hydrogens is 332 g/mol. The molecule has 1 aromatic rings. The van der Waals surface area contributed by atoms with Crippen LogP contribution in [0.15, 0.2) is 28.7 Å². The average Bonchev–Trinajstić information content (AvgIpc) is 2.46. The van der Waals surface area contributed by atoms with E-state index in [1.807, 2.05) is 36.1 Å². The van der Waals surface area contributed by atoms with Crippen LogP contribution in [0.2, 0.25) is 0 Å². The van der Waals surface area contributed by atoms with Crippen molar-refractivity contribution in [2.24, 2.45) is 11.7 Å². The Labute approximate surface area is 134 Å². The lowest BCUT2D eigenvalue weighted by molar-refractivity contribution is -0.139. The van der Waals surface area contributed by atoms with Gasteiger partial charge in [-0.25, -0.2) is 0 Å². The molecule has 1 heterocycles. The van der Waals surface area contributed by atoms with Gasteiger partial charge in [0.05, 0.1) is 0 Å². The molecule has 0 aliphatic carbocycles. The maximum atomic E-state index is 12.4. The monoisotopic (exact) mass is 354 g/mol. The van der Waals surface area contributed by atoms with Gasteiger partial charge in [0.15, 0.2) is 6.10 Å². The van der Waals surface area contributed by atoms with E-state index in [1.165, 1.54) is 0 Å². The number of hydrogen-bond acceptors (Lipinski definition) is 3. The second-order valence-corrected chi connectivity index (χ2v) is 6.65. The number of amides is 1. The first-order chi connectivity index (χ1) is 9.97. The Morgan fingerprint density at radius 3 is 2.62 bits per heavy atom. The molecule has 4 nitrogen and oxygen atoms in total. The van der Waals surface area contributed by atoms with Gasteiger partial charge >= 0.3 is 0 Å². The number of halogens is 1. The number of hydrogen-bond donors (Lipinski definition) is 1. The summed E-state index contributed by atoms with van der Waals surface area (Å²) < 4.78 is 6.68. The van der Waals surface area contributed by atoms with Gasteiger partial charge in [0, 0.05) is 23.6 Å². The second kappa shape index (κ2) is 7.27. The molecule has 2 N–H and O–H groups in total. The molecule has 0 radical (unpaired) electrons. The molecule has 0 aromatic heterocycles. The molecule has 1 aromatic carbocycles. The van der Waals surface area contributed by atoms with Crippen LogP contribution in [0.25, 0.3) is 0 Å². The Hall–Kier alpha value is -1.07. The zero-order valence-electron chi connectivity index (χ0n) is 12.6. The largest absolute Gasteiger partial charge is 0.481 e. The summed E-state index contributed by atoms with van der Waals surface area (Å²) in [6.45, 7) is 5.40. The van der Waals surface area contributed by atoms with Crippen molar-refractivity contribution in [3.63, 3.8) is 0 Å². The third-order valence-electron chi connectivity index (χ3n) is 4.05. The van der Waals surface area contributed by atoms with Crippen molar-refractivity contribution in [2.75, 3.05) is 13.1 Å². The number of benzene rings is 1. The lowest BCUT2D eigenvalue weighted by atomic mass is 9.91. The Kier molecular flexibility index (Phi) is 5.65. The van der Waals surface area contributed by atoms with E-state index in [0.29, 0.717) is 11.7 Å². The normalized spacial score (nSPS) is 19.1. The third kappa shape index (κ3) is 4.45. The Morgan fingerprint density at radius 1 is 1.38 bits per heavy atom. The van der Waals surface area contributed by atoms with Crippen molar-refractivity contribution in [2.45, 2.75) is 38.8 Å². The highest BCUT2D eigenvalue weighted by atomic mass is 79.9. The number of piperidine rings is 1. The van der Waals surface area contributed by atoms with Crippen LogP contribution >= 0.6 is 15.9 Å². The fraction of sp³-hybridized carbons (Fsp3) is 0.562. The maximum absolute atomic E-state index is 12.4. The van der Waals surface area contributed by atoms with Crippen molar-refractivity contribution < 1.29 is 9.53 Å². The minimum atomic E-state index is -0.467. The molecule has 5 heteroatoms. The molecule has 1 aliphatic rings. The zero-order valence-corrected chi connectivity index (χ0v) is 14.2. The first-order valence-electron chi connectivity index (χ1n) is 7.44. The van der Waals surface area contributed by atoms with E-state index in [-0.39, 0.29) is 11.9 Å². The van der Waals surface area contributed by atoms with Gasteiger partial charge in [-0.3, -0.25) is 4.79 Å². The molecule has 2 atom stereocenters. The first-order valence-corrected chi connectivity index (χ1v) is 8.23. The summed E-state index contributed by atoms with van der Waals surface area (Å²) in [6.07, 6.45) is 1.49. The molecule has 1 fully saturated rings. The quantitative estimate of drug-likeness (QED) is 0.904. The molecule has 2 rings (SSSR count). The lowest BCUT2D eigenvalue weighted by Gasteiger charge is -2.35. The molecule has 0 saturated carbocycles. The summed E-state index contributed by atoms with van der Waals surface area (Å²) in [6, 6.07) is 7.75. The maximum Gasteiger partial charge on any atom is 0.263 e. The minimum Gasteiger partial charge on any atom is -0.481 e. The number of rotatable bonds is 4. The Morgan fingerprint density at radius 2 is 2.05 bits per heavy atom. The second-order valence-electron chi connectivity index (χ2n) is 5.74. The Bertz CT molecular complexity index is 485. The van der Waals surface area contributed by atoms with Gasteiger partial charge in [0.2, 0.25) is 0 Å². The summed E-state index contributed by atoms with van der Waals surface area (Å²) in [5.74, 6) is 1.28. The van der Waals surface area contributed by atoms with E-state index in [1.54, 1.807) is 6.92 Å². The number of carbonyl (C=O) groups excluding carboxylic acids is 1. The fourth-order valence-electron chi connectivity index (χ4n) is 2.70. The number of ether oxygens (including phenoxy) is 1. The van der Waals surface area contributed by atoms with E-state index >= 15 is 0 Å². The summed E-state index contributed by atoms with van der Waals surface area (Å²) in [5, 5.41) is 0. The summed E-state index contributed by atoms with van der Waals surface area (Å²) >= 11 is 3.40. The molecule has 2 unspecified atom stereocenters. The molecule has 1 saturated heterocycles. The van der Waals surface area contributed by atoms with E-state index in [0.717, 1.165) is 30.4 Å². The predicted molar refractivity (Wildman–Crippen MR) is 87.2 cm³/mol. The predicted octanol–water partition coefficient (Wildman–Crippen LogP) is 2.80. The summed E-state index contributed by atoms with van der Waals surface area (Å²) in [7, 11) is 0. The van der Waals surface area contributed by atoms with Crippen LogP contribution < -0.4 is 10.5 Å². The first kappa shape index (κ1) is 16.3. The summed E-state index contributed by atoms with van der Waals surface area (Å²) in [5.41, 5.74) is 5.93. The standard InChI is InChI=1S/C16H23BrN2O2/c1-11(18)13-6-8-19(9-7-13)16(20)12(2)21-15-5-3-4-14(17)10-15/h3-5,10-13H,6-9,18H2,1-2H3. The molecule has 21 heavy (non-hydrogen) atoms. The molecule has 1 aliphatic heterocycles. The smallest absolute Gasteiger partial charge is 0.263 e. The van der Waals surface area contributed by atoms with E-state index in [2.05, 4.69) is 15.9 Å². The fourth-order valence-corrected chi connectivity index (χ4v) is 3.08. The summed E-state index contributed by atoms with van der Waals surface area (Å²) in [4.78, 5) is 14.3. The minimum absolute atomic E-state index is 0.0538. The van der Waals surface area contributed by atoms with Crippen LogP contribution in [0, 0.1) is 5.92 Å². The topological polar surface area (TPSA) is 55.6 Å². The van der Waals surface area contributed by atoms with Crippen molar-refractivity contribution >= 4 is 21.8 Å². The van der Waals surface area contributed by atoms with Gasteiger partial charge in [-0.1, -0.05) is 22.0 Å². The van der Waals surface area contributed by atoms with E-state index in [9.17, 15) is 4.79 Å². The number of nitrogens with zero attached hydrogens (tertiary/aromatic N) is 1. The third-order valence-corrected chi connectivity index (χ3v) is 4.54. The van der Waals surface area contributed by atoms with Crippen molar-refractivity contribution in [1.82, 2.24) is 4.90 Å². The number of carbonyl (C=O) groups is 1. The molecule has 0 spiro atoms. The molecule has 0 bridgehead atoms.